The third-order valence-corrected chi connectivity index (χ3v) is 4.82. The molecule has 2 rings (SSSR count). The fourth-order valence-electron chi connectivity index (χ4n) is 2.71. The SMILES string of the molecule is CC(C)c1cccc(C(C)C)c1NC(=O)NC(=O)c1cc(F)c(Cl)[n+]([O-])c1Cl. The lowest BCUT2D eigenvalue weighted by molar-refractivity contribution is -0.602. The van der Waals surface area contributed by atoms with Crippen molar-refractivity contribution in [2.45, 2.75) is 39.5 Å². The third-order valence-electron chi connectivity index (χ3n) is 4.13. The first-order valence-corrected chi connectivity index (χ1v) is 9.32. The Bertz CT molecular complexity index is 907. The maximum absolute atomic E-state index is 13.7. The molecule has 0 aliphatic heterocycles. The Labute approximate surface area is 172 Å². The zero-order valence-corrected chi connectivity index (χ0v) is 17.3. The number of hydrogen-bond acceptors (Lipinski definition) is 3. The number of anilines is 1. The van der Waals surface area contributed by atoms with E-state index in [9.17, 15) is 19.2 Å². The molecule has 0 atom stereocenters. The number of imide groups is 1. The lowest BCUT2D eigenvalue weighted by atomic mass is 9.93. The Hall–Kier alpha value is -2.38. The van der Waals surface area contributed by atoms with Gasteiger partial charge in [-0.05, 0) is 46.2 Å². The normalized spacial score (nSPS) is 11.0. The van der Waals surface area contributed by atoms with Gasteiger partial charge in [-0.15, -0.1) is 4.73 Å². The molecule has 0 radical (unpaired) electrons. The van der Waals surface area contributed by atoms with E-state index < -0.39 is 33.6 Å². The van der Waals surface area contributed by atoms with Gasteiger partial charge < -0.3 is 10.5 Å². The molecular weight excluding hydrogens is 408 g/mol. The van der Waals surface area contributed by atoms with Gasteiger partial charge in [-0.3, -0.25) is 10.1 Å². The van der Waals surface area contributed by atoms with Crippen LogP contribution in [0.5, 0.6) is 0 Å². The number of rotatable bonds is 4. The minimum Gasteiger partial charge on any atom is -0.616 e. The number of amides is 3. The summed E-state index contributed by atoms with van der Waals surface area (Å²) in [7, 11) is 0. The largest absolute Gasteiger partial charge is 0.616 e. The van der Waals surface area contributed by atoms with Gasteiger partial charge >= 0.3 is 16.3 Å². The second kappa shape index (κ2) is 8.75. The molecule has 2 N–H and O–H groups in total. The predicted octanol–water partition coefficient (Wildman–Crippen LogP) is 4.97. The lowest BCUT2D eigenvalue weighted by Gasteiger charge is -2.20. The average molecular weight is 428 g/mol. The first kappa shape index (κ1) is 21.9. The number of urea groups is 1. The van der Waals surface area contributed by atoms with E-state index in [1.165, 1.54) is 0 Å². The fraction of sp³-hybridized carbons (Fsp3) is 0.316. The fourth-order valence-corrected chi connectivity index (χ4v) is 3.12. The highest BCUT2D eigenvalue weighted by atomic mass is 35.5. The van der Waals surface area contributed by atoms with Crippen LogP contribution in [0.2, 0.25) is 10.3 Å². The van der Waals surface area contributed by atoms with E-state index in [1.54, 1.807) is 0 Å². The Morgan fingerprint density at radius 2 is 1.61 bits per heavy atom. The molecule has 28 heavy (non-hydrogen) atoms. The molecule has 0 aliphatic rings. The second-order valence-electron chi connectivity index (χ2n) is 6.81. The van der Waals surface area contributed by atoms with Crippen molar-refractivity contribution < 1.29 is 18.7 Å². The highest BCUT2D eigenvalue weighted by Crippen LogP contribution is 2.32. The Kier molecular flexibility index (Phi) is 6.85. The molecule has 1 aromatic carbocycles. The van der Waals surface area contributed by atoms with Crippen LogP contribution in [-0.2, 0) is 0 Å². The first-order chi connectivity index (χ1) is 13.0. The molecule has 0 aliphatic carbocycles. The van der Waals surface area contributed by atoms with Gasteiger partial charge in [-0.1, -0.05) is 45.9 Å². The number of nitrogens with one attached hydrogen (secondary N) is 2. The molecule has 0 saturated heterocycles. The van der Waals surface area contributed by atoms with Gasteiger partial charge in [0, 0.05) is 11.8 Å². The van der Waals surface area contributed by atoms with Crippen LogP contribution in [0.1, 0.15) is 61.0 Å². The van der Waals surface area contributed by atoms with Crippen molar-refractivity contribution in [3.05, 3.63) is 62.3 Å². The lowest BCUT2D eigenvalue weighted by Crippen LogP contribution is -2.38. The van der Waals surface area contributed by atoms with Crippen molar-refractivity contribution in [1.29, 1.82) is 0 Å². The molecule has 0 fully saturated rings. The van der Waals surface area contributed by atoms with Crippen LogP contribution in [0, 0.1) is 11.0 Å². The summed E-state index contributed by atoms with van der Waals surface area (Å²) in [4.78, 5) is 24.7. The molecule has 9 heteroatoms. The zero-order chi connectivity index (χ0) is 21.2. The van der Waals surface area contributed by atoms with Crippen LogP contribution < -0.4 is 15.4 Å². The standard InChI is InChI=1S/C19H20Cl2FN3O3/c1-9(2)11-6-5-7-12(10(3)4)15(11)23-19(27)24-18(26)13-8-14(22)17(21)25(28)16(13)20/h5-10H,1-4H3,(H2,23,24,26,27). The molecule has 0 unspecified atom stereocenters. The van der Waals surface area contributed by atoms with E-state index in [0.717, 1.165) is 11.1 Å². The summed E-state index contributed by atoms with van der Waals surface area (Å²) in [6.07, 6.45) is 0. The van der Waals surface area contributed by atoms with E-state index >= 15 is 0 Å². The molecular formula is C19H20Cl2FN3O3. The van der Waals surface area contributed by atoms with Gasteiger partial charge in [0.2, 0.25) is 5.82 Å². The van der Waals surface area contributed by atoms with Crippen LogP contribution in [0.25, 0.3) is 0 Å². The summed E-state index contributed by atoms with van der Waals surface area (Å²) < 4.78 is 13.5. The van der Waals surface area contributed by atoms with Gasteiger partial charge in [0.15, 0.2) is 0 Å². The molecule has 2 aromatic rings. The highest BCUT2D eigenvalue weighted by Gasteiger charge is 2.26. The number of nitrogens with zero attached hydrogens (tertiary/aromatic N) is 1. The van der Waals surface area contributed by atoms with Crippen LogP contribution in [0.3, 0.4) is 0 Å². The number of carbonyl (C=O) groups is 2. The Morgan fingerprint density at radius 3 is 2.11 bits per heavy atom. The quantitative estimate of drug-likeness (QED) is 0.410. The Balaban J connectivity index is 2.30. The smallest absolute Gasteiger partial charge is 0.326 e. The van der Waals surface area contributed by atoms with E-state index in [1.807, 2.05) is 45.9 Å². The monoisotopic (exact) mass is 427 g/mol. The van der Waals surface area contributed by atoms with Crippen molar-refractivity contribution in [3.8, 4) is 0 Å². The molecule has 150 valence electrons. The van der Waals surface area contributed by atoms with Crippen LogP contribution >= 0.6 is 23.2 Å². The number of carbonyl (C=O) groups excluding carboxylic acids is 2. The van der Waals surface area contributed by atoms with Gasteiger partial charge in [-0.25, -0.2) is 4.79 Å². The predicted molar refractivity (Wildman–Crippen MR) is 106 cm³/mol. The summed E-state index contributed by atoms with van der Waals surface area (Å²) >= 11 is 11.2. The van der Waals surface area contributed by atoms with E-state index in [0.29, 0.717) is 11.8 Å². The number of aromatic nitrogens is 1. The number of benzene rings is 1. The summed E-state index contributed by atoms with van der Waals surface area (Å²) in [5, 5.41) is 15.0. The maximum Gasteiger partial charge on any atom is 0.326 e. The maximum atomic E-state index is 13.7. The molecule has 6 nitrogen and oxygen atoms in total. The van der Waals surface area contributed by atoms with Crippen molar-refractivity contribution in [1.82, 2.24) is 5.32 Å². The van der Waals surface area contributed by atoms with Gasteiger partial charge in [0.1, 0.15) is 5.56 Å². The third kappa shape index (κ3) is 4.54. The summed E-state index contributed by atoms with van der Waals surface area (Å²) in [6, 6.07) is 5.55. The zero-order valence-electron chi connectivity index (χ0n) is 15.8. The molecule has 1 aromatic heterocycles. The van der Waals surface area contributed by atoms with E-state index in [4.69, 9.17) is 23.2 Å². The Morgan fingerprint density at radius 1 is 1.07 bits per heavy atom. The highest BCUT2D eigenvalue weighted by molar-refractivity contribution is 6.33. The summed E-state index contributed by atoms with van der Waals surface area (Å²) in [5.74, 6) is -1.90. The minimum absolute atomic E-state index is 0.129. The molecule has 1 heterocycles. The van der Waals surface area contributed by atoms with Gasteiger partial charge in [-0.2, -0.15) is 4.39 Å². The second-order valence-corrected chi connectivity index (χ2v) is 7.53. The minimum atomic E-state index is -1.13. The van der Waals surface area contributed by atoms with Crippen molar-refractivity contribution in [2.24, 2.45) is 0 Å². The molecule has 0 bridgehead atoms. The van der Waals surface area contributed by atoms with E-state index in [2.05, 4.69) is 10.6 Å². The number of para-hydroxylation sites is 1. The van der Waals surface area contributed by atoms with Crippen molar-refractivity contribution in [3.63, 3.8) is 0 Å². The first-order valence-electron chi connectivity index (χ1n) is 8.56. The number of halogens is 3. The van der Waals surface area contributed by atoms with Crippen molar-refractivity contribution in [2.75, 3.05) is 5.32 Å². The number of pyridine rings is 1. The molecule has 3 amide bonds. The van der Waals surface area contributed by atoms with E-state index in [-0.39, 0.29) is 16.6 Å². The van der Waals surface area contributed by atoms with Gasteiger partial charge in [0.25, 0.3) is 5.91 Å². The number of hydrogen-bond donors (Lipinski definition) is 2. The average Bonchev–Trinajstić information content (AvgIpc) is 2.62. The van der Waals surface area contributed by atoms with Crippen molar-refractivity contribution >= 4 is 40.8 Å². The summed E-state index contributed by atoms with van der Waals surface area (Å²) in [6.45, 7) is 7.93. The topological polar surface area (TPSA) is 85.1 Å². The summed E-state index contributed by atoms with van der Waals surface area (Å²) in [5.41, 5.74) is 1.91. The van der Waals surface area contributed by atoms with Crippen LogP contribution in [0.15, 0.2) is 24.3 Å². The molecule has 0 saturated carbocycles. The molecule has 0 spiro atoms. The van der Waals surface area contributed by atoms with Gasteiger partial charge in [0.05, 0.1) is 0 Å². The van der Waals surface area contributed by atoms with Crippen LogP contribution in [-0.4, -0.2) is 11.9 Å². The van der Waals surface area contributed by atoms with Crippen LogP contribution in [0.4, 0.5) is 14.9 Å².